The van der Waals surface area contributed by atoms with Gasteiger partial charge in [0.25, 0.3) is 5.69 Å². The number of rotatable bonds is 3. The molecule has 0 amide bonds. The maximum atomic E-state index is 12.0. The number of aromatic amines is 1. The zero-order valence-electron chi connectivity index (χ0n) is 9.31. The molecule has 0 aliphatic rings. The molecule has 0 radical (unpaired) electrons. The van der Waals surface area contributed by atoms with Gasteiger partial charge in [-0.1, -0.05) is 11.6 Å². The van der Waals surface area contributed by atoms with Gasteiger partial charge in [-0.3, -0.25) is 14.9 Å². The summed E-state index contributed by atoms with van der Waals surface area (Å²) < 4.78 is 0. The first-order valence-electron chi connectivity index (χ1n) is 4.99. The van der Waals surface area contributed by atoms with Crippen molar-refractivity contribution >= 4 is 23.1 Å². The molecular formula is C11H8ClN3O3. The lowest BCUT2D eigenvalue weighted by atomic mass is 10.1. The lowest BCUT2D eigenvalue weighted by Gasteiger charge is -2.00. The molecule has 18 heavy (non-hydrogen) atoms. The van der Waals surface area contributed by atoms with Crippen LogP contribution < -0.4 is 0 Å². The van der Waals surface area contributed by atoms with Crippen LogP contribution in [0.5, 0.6) is 0 Å². The fraction of sp³-hybridized carbons (Fsp3) is 0.0909. The molecule has 0 spiro atoms. The Morgan fingerprint density at radius 1 is 1.50 bits per heavy atom. The molecule has 0 saturated carbocycles. The van der Waals surface area contributed by atoms with Crippen molar-refractivity contribution in [1.29, 1.82) is 0 Å². The monoisotopic (exact) mass is 265 g/mol. The number of nitro groups is 1. The van der Waals surface area contributed by atoms with Gasteiger partial charge < -0.3 is 4.98 Å². The van der Waals surface area contributed by atoms with Crippen molar-refractivity contribution < 1.29 is 9.72 Å². The molecule has 1 aromatic heterocycles. The van der Waals surface area contributed by atoms with Gasteiger partial charge in [0.05, 0.1) is 15.6 Å². The summed E-state index contributed by atoms with van der Waals surface area (Å²) in [5.41, 5.74) is 0.695. The highest BCUT2D eigenvalue weighted by Crippen LogP contribution is 2.24. The van der Waals surface area contributed by atoms with E-state index in [9.17, 15) is 14.9 Å². The number of benzene rings is 1. The van der Waals surface area contributed by atoms with E-state index in [-0.39, 0.29) is 22.1 Å². The predicted octanol–water partition coefficient (Wildman–Crippen LogP) is 2.51. The molecule has 92 valence electrons. The highest BCUT2D eigenvalue weighted by atomic mass is 35.5. The quantitative estimate of drug-likeness (QED) is 0.524. The molecule has 6 nitrogen and oxygen atoms in total. The molecule has 0 bridgehead atoms. The Hall–Kier alpha value is -2.21. The summed E-state index contributed by atoms with van der Waals surface area (Å²) in [6, 6.07) is 3.69. The Morgan fingerprint density at radius 2 is 2.22 bits per heavy atom. The van der Waals surface area contributed by atoms with Crippen LogP contribution in [0, 0.1) is 17.0 Å². The van der Waals surface area contributed by atoms with E-state index in [1.165, 1.54) is 12.1 Å². The minimum Gasteiger partial charge on any atom is -0.342 e. The van der Waals surface area contributed by atoms with Crippen LogP contribution in [0.15, 0.2) is 24.4 Å². The SMILES string of the molecule is Cc1c[nH]c(C(=O)c2ccc([N+](=O)[O-])cc2Cl)n1. The normalized spacial score (nSPS) is 10.3. The van der Waals surface area contributed by atoms with Gasteiger partial charge in [-0.05, 0) is 13.0 Å². The Bertz CT molecular complexity index is 636. The second kappa shape index (κ2) is 4.58. The van der Waals surface area contributed by atoms with E-state index >= 15 is 0 Å². The fourth-order valence-electron chi connectivity index (χ4n) is 1.46. The molecular weight excluding hydrogens is 258 g/mol. The van der Waals surface area contributed by atoms with E-state index in [0.717, 1.165) is 6.07 Å². The first-order chi connectivity index (χ1) is 8.49. The summed E-state index contributed by atoms with van der Waals surface area (Å²) in [6.07, 6.45) is 1.59. The van der Waals surface area contributed by atoms with Crippen molar-refractivity contribution in [2.24, 2.45) is 0 Å². The first-order valence-corrected chi connectivity index (χ1v) is 5.37. The van der Waals surface area contributed by atoms with Gasteiger partial charge in [-0.25, -0.2) is 4.98 Å². The molecule has 0 fully saturated rings. The summed E-state index contributed by atoms with van der Waals surface area (Å²) >= 11 is 5.86. The number of H-pyrrole nitrogens is 1. The molecule has 0 atom stereocenters. The zero-order chi connectivity index (χ0) is 13.3. The number of aryl methyl sites for hydroxylation is 1. The number of carbonyl (C=O) groups excluding carboxylic acids is 1. The van der Waals surface area contributed by atoms with E-state index in [1.807, 2.05) is 0 Å². The van der Waals surface area contributed by atoms with E-state index in [4.69, 9.17) is 11.6 Å². The molecule has 0 unspecified atom stereocenters. The number of nitrogens with one attached hydrogen (secondary N) is 1. The average Bonchev–Trinajstić information content (AvgIpc) is 2.74. The highest BCUT2D eigenvalue weighted by Gasteiger charge is 2.18. The van der Waals surface area contributed by atoms with Crippen molar-refractivity contribution in [3.8, 4) is 0 Å². The average molecular weight is 266 g/mol. The number of non-ortho nitro benzene ring substituents is 1. The van der Waals surface area contributed by atoms with Crippen LogP contribution in [0.4, 0.5) is 5.69 Å². The molecule has 1 heterocycles. The van der Waals surface area contributed by atoms with Crippen LogP contribution in [0.3, 0.4) is 0 Å². The molecule has 0 aliphatic carbocycles. The van der Waals surface area contributed by atoms with Crippen molar-refractivity contribution in [3.63, 3.8) is 0 Å². The zero-order valence-corrected chi connectivity index (χ0v) is 10.1. The summed E-state index contributed by atoms with van der Waals surface area (Å²) in [4.78, 5) is 28.7. The molecule has 2 rings (SSSR count). The Labute approximate surface area is 107 Å². The predicted molar refractivity (Wildman–Crippen MR) is 64.9 cm³/mol. The lowest BCUT2D eigenvalue weighted by Crippen LogP contribution is -2.05. The Morgan fingerprint density at radius 3 is 2.72 bits per heavy atom. The van der Waals surface area contributed by atoms with Gasteiger partial charge in [-0.2, -0.15) is 0 Å². The lowest BCUT2D eigenvalue weighted by molar-refractivity contribution is -0.384. The number of nitro benzene ring substituents is 1. The van der Waals surface area contributed by atoms with Crippen LogP contribution in [0.2, 0.25) is 5.02 Å². The first kappa shape index (κ1) is 12.3. The van der Waals surface area contributed by atoms with Gasteiger partial charge in [0.15, 0.2) is 5.82 Å². The Balaban J connectivity index is 2.40. The van der Waals surface area contributed by atoms with Gasteiger partial charge in [0.2, 0.25) is 5.78 Å². The standard InChI is InChI=1S/C11H8ClN3O3/c1-6-5-13-11(14-6)10(16)8-3-2-7(15(17)18)4-9(8)12/h2-5H,1H3,(H,13,14). The summed E-state index contributed by atoms with van der Waals surface area (Å²) in [5.74, 6) is -0.244. The third kappa shape index (κ3) is 2.23. The van der Waals surface area contributed by atoms with Crippen LogP contribution in [-0.2, 0) is 0 Å². The van der Waals surface area contributed by atoms with E-state index < -0.39 is 10.7 Å². The smallest absolute Gasteiger partial charge is 0.270 e. The van der Waals surface area contributed by atoms with Crippen molar-refractivity contribution in [2.45, 2.75) is 6.92 Å². The van der Waals surface area contributed by atoms with Gasteiger partial charge in [0, 0.05) is 23.9 Å². The molecule has 0 saturated heterocycles. The number of nitrogens with zero attached hydrogens (tertiary/aromatic N) is 2. The number of hydrogen-bond acceptors (Lipinski definition) is 4. The second-order valence-electron chi connectivity index (χ2n) is 3.64. The summed E-state index contributed by atoms with van der Waals surface area (Å²) in [7, 11) is 0. The third-order valence-electron chi connectivity index (χ3n) is 2.33. The number of halogens is 1. The van der Waals surface area contributed by atoms with Crippen LogP contribution in [0.1, 0.15) is 21.9 Å². The topological polar surface area (TPSA) is 88.9 Å². The van der Waals surface area contributed by atoms with E-state index in [1.54, 1.807) is 13.1 Å². The fourth-order valence-corrected chi connectivity index (χ4v) is 1.72. The number of hydrogen-bond donors (Lipinski definition) is 1. The second-order valence-corrected chi connectivity index (χ2v) is 4.05. The van der Waals surface area contributed by atoms with Crippen molar-refractivity contribution in [1.82, 2.24) is 9.97 Å². The maximum absolute atomic E-state index is 12.0. The van der Waals surface area contributed by atoms with Crippen LogP contribution in [0.25, 0.3) is 0 Å². The minimum absolute atomic E-state index is 0.0308. The summed E-state index contributed by atoms with van der Waals surface area (Å²) in [5, 5.41) is 10.6. The number of carbonyl (C=O) groups is 1. The molecule has 1 aromatic carbocycles. The van der Waals surface area contributed by atoms with Crippen molar-refractivity contribution in [2.75, 3.05) is 0 Å². The molecule has 2 aromatic rings. The van der Waals surface area contributed by atoms with Gasteiger partial charge in [0.1, 0.15) is 0 Å². The largest absolute Gasteiger partial charge is 0.342 e. The van der Waals surface area contributed by atoms with Gasteiger partial charge >= 0.3 is 0 Å². The third-order valence-corrected chi connectivity index (χ3v) is 2.64. The Kier molecular flexibility index (Phi) is 3.12. The van der Waals surface area contributed by atoms with E-state index in [2.05, 4.69) is 9.97 Å². The van der Waals surface area contributed by atoms with Crippen LogP contribution in [-0.4, -0.2) is 20.7 Å². The highest BCUT2D eigenvalue weighted by molar-refractivity contribution is 6.35. The summed E-state index contributed by atoms with van der Waals surface area (Å²) in [6.45, 7) is 1.74. The molecule has 1 N–H and O–H groups in total. The van der Waals surface area contributed by atoms with Crippen LogP contribution >= 0.6 is 11.6 Å². The minimum atomic E-state index is -0.572. The maximum Gasteiger partial charge on any atom is 0.270 e. The molecule has 7 heteroatoms. The molecule has 0 aliphatic heterocycles. The number of ketones is 1. The number of imidazole rings is 1. The van der Waals surface area contributed by atoms with Gasteiger partial charge in [-0.15, -0.1) is 0 Å². The number of aromatic nitrogens is 2. The van der Waals surface area contributed by atoms with Crippen molar-refractivity contribution in [3.05, 3.63) is 56.6 Å². The van der Waals surface area contributed by atoms with E-state index in [0.29, 0.717) is 5.69 Å².